The van der Waals surface area contributed by atoms with Crippen LogP contribution in [-0.2, 0) is 23.9 Å². The SMILES string of the molecule is CCc1cc2c(C(=O)NC)c(-c3ccc(F)cc3)oc2nc1CN(CCOc1ccccc1C(=O)O)[SH](=O)=O. The molecule has 0 unspecified atom stereocenters. The Kier molecular flexibility index (Phi) is 8.57. The molecule has 2 N–H and O–H groups in total. The van der Waals surface area contributed by atoms with Crippen molar-refractivity contribution in [3.63, 3.8) is 0 Å². The maximum absolute atomic E-state index is 13.5. The summed E-state index contributed by atoms with van der Waals surface area (Å²) in [7, 11) is -1.55. The molecule has 0 saturated carbocycles. The Morgan fingerprint density at radius 2 is 1.87 bits per heavy atom. The van der Waals surface area contributed by atoms with E-state index in [-0.39, 0.29) is 48.0 Å². The van der Waals surface area contributed by atoms with Crippen molar-refractivity contribution >= 4 is 33.9 Å². The van der Waals surface area contributed by atoms with Crippen molar-refractivity contribution in [2.24, 2.45) is 0 Å². The summed E-state index contributed by atoms with van der Waals surface area (Å²) in [6, 6.07) is 13.3. The number of amides is 1. The lowest BCUT2D eigenvalue weighted by Gasteiger charge is -2.17. The van der Waals surface area contributed by atoms with Crippen LogP contribution in [0.5, 0.6) is 5.75 Å². The molecule has 0 aliphatic carbocycles. The number of hydrogen-bond acceptors (Lipinski definition) is 7. The summed E-state index contributed by atoms with van der Waals surface area (Å²) in [5.74, 6) is -1.66. The predicted octanol–water partition coefficient (Wildman–Crippen LogP) is 3.66. The number of aryl methyl sites for hydroxylation is 1. The molecule has 10 nitrogen and oxygen atoms in total. The number of nitrogens with zero attached hydrogens (tertiary/aromatic N) is 2. The molecule has 204 valence electrons. The van der Waals surface area contributed by atoms with Crippen LogP contribution in [0.1, 0.15) is 38.9 Å². The number of fused-ring (bicyclic) bond motifs is 1. The maximum Gasteiger partial charge on any atom is 0.339 e. The number of carboxylic acids is 1. The molecule has 0 spiro atoms. The van der Waals surface area contributed by atoms with E-state index in [0.717, 1.165) is 4.31 Å². The van der Waals surface area contributed by atoms with Gasteiger partial charge < -0.3 is 19.6 Å². The maximum atomic E-state index is 13.5. The highest BCUT2D eigenvalue weighted by atomic mass is 32.2. The summed E-state index contributed by atoms with van der Waals surface area (Å²) in [6.45, 7) is 1.63. The molecular formula is C27H26FN3O7S. The molecule has 0 bridgehead atoms. The third-order valence-electron chi connectivity index (χ3n) is 6.08. The number of aromatic nitrogens is 1. The molecule has 4 rings (SSSR count). The van der Waals surface area contributed by atoms with Crippen LogP contribution in [0.4, 0.5) is 4.39 Å². The molecule has 2 aromatic carbocycles. The molecular weight excluding hydrogens is 529 g/mol. The Labute approximate surface area is 225 Å². The minimum Gasteiger partial charge on any atom is -0.491 e. The summed E-state index contributed by atoms with van der Waals surface area (Å²) < 4.78 is 50.3. The van der Waals surface area contributed by atoms with E-state index in [1.54, 1.807) is 18.2 Å². The Balaban J connectivity index is 1.65. The number of benzene rings is 2. The molecule has 0 fully saturated rings. The molecule has 2 heterocycles. The van der Waals surface area contributed by atoms with Crippen LogP contribution in [0.3, 0.4) is 0 Å². The Hall–Kier alpha value is -4.29. The van der Waals surface area contributed by atoms with Gasteiger partial charge in [-0.1, -0.05) is 19.1 Å². The summed E-state index contributed by atoms with van der Waals surface area (Å²) in [5.41, 5.74) is 1.96. The van der Waals surface area contributed by atoms with Crippen molar-refractivity contribution in [1.29, 1.82) is 0 Å². The van der Waals surface area contributed by atoms with Gasteiger partial charge in [0, 0.05) is 19.2 Å². The van der Waals surface area contributed by atoms with E-state index < -0.39 is 28.6 Å². The Morgan fingerprint density at radius 3 is 2.51 bits per heavy atom. The molecule has 0 saturated heterocycles. The highest BCUT2D eigenvalue weighted by Gasteiger charge is 2.24. The van der Waals surface area contributed by atoms with Crippen LogP contribution in [-0.4, -0.2) is 54.9 Å². The zero-order valence-corrected chi connectivity index (χ0v) is 22.0. The average Bonchev–Trinajstić information content (AvgIpc) is 3.30. The van der Waals surface area contributed by atoms with Crippen LogP contribution in [0.15, 0.2) is 59.0 Å². The van der Waals surface area contributed by atoms with E-state index in [1.807, 2.05) is 6.92 Å². The molecule has 4 aromatic rings. The summed E-state index contributed by atoms with van der Waals surface area (Å²) >= 11 is 0. The highest BCUT2D eigenvalue weighted by molar-refractivity contribution is 7.69. The van der Waals surface area contributed by atoms with E-state index >= 15 is 0 Å². The number of halogens is 1. The monoisotopic (exact) mass is 555 g/mol. The van der Waals surface area contributed by atoms with E-state index in [9.17, 15) is 27.5 Å². The topological polar surface area (TPSA) is 139 Å². The van der Waals surface area contributed by atoms with Crippen LogP contribution in [0, 0.1) is 5.82 Å². The first-order valence-electron chi connectivity index (χ1n) is 12.0. The average molecular weight is 556 g/mol. The first kappa shape index (κ1) is 27.7. The third kappa shape index (κ3) is 6.07. The van der Waals surface area contributed by atoms with Crippen LogP contribution < -0.4 is 10.1 Å². The van der Waals surface area contributed by atoms with Crippen molar-refractivity contribution in [3.8, 4) is 17.1 Å². The minimum absolute atomic E-state index is 0.0300. The van der Waals surface area contributed by atoms with Gasteiger partial charge >= 0.3 is 5.97 Å². The molecule has 0 aliphatic heterocycles. The molecule has 0 aliphatic rings. The predicted molar refractivity (Wildman–Crippen MR) is 142 cm³/mol. The number of thiol groups is 1. The van der Waals surface area contributed by atoms with Gasteiger partial charge in [-0.05, 0) is 54.4 Å². The number of carbonyl (C=O) groups is 2. The second-order valence-electron chi connectivity index (χ2n) is 8.47. The molecule has 1 amide bonds. The number of rotatable bonds is 11. The van der Waals surface area contributed by atoms with Crippen LogP contribution >= 0.6 is 0 Å². The van der Waals surface area contributed by atoms with Gasteiger partial charge in [0.15, 0.2) is 0 Å². The fraction of sp³-hybridized carbons (Fsp3) is 0.222. The van der Waals surface area contributed by atoms with Gasteiger partial charge in [0.2, 0.25) is 16.6 Å². The van der Waals surface area contributed by atoms with Gasteiger partial charge in [0.05, 0.1) is 23.2 Å². The lowest BCUT2D eigenvalue weighted by atomic mass is 10.0. The van der Waals surface area contributed by atoms with E-state index in [0.29, 0.717) is 28.6 Å². The van der Waals surface area contributed by atoms with Gasteiger partial charge in [-0.25, -0.2) is 22.6 Å². The number of carbonyl (C=O) groups excluding carboxylic acids is 1. The van der Waals surface area contributed by atoms with Crippen LogP contribution in [0.2, 0.25) is 0 Å². The molecule has 39 heavy (non-hydrogen) atoms. The number of nitrogens with one attached hydrogen (secondary N) is 1. The van der Waals surface area contributed by atoms with Crippen molar-refractivity contribution in [1.82, 2.24) is 14.6 Å². The van der Waals surface area contributed by atoms with E-state index in [4.69, 9.17) is 9.15 Å². The van der Waals surface area contributed by atoms with Crippen molar-refractivity contribution in [2.75, 3.05) is 20.2 Å². The number of hydrogen-bond donors (Lipinski definition) is 3. The quantitative estimate of drug-likeness (QED) is 0.238. The highest BCUT2D eigenvalue weighted by Crippen LogP contribution is 2.34. The summed E-state index contributed by atoms with van der Waals surface area (Å²) in [6.07, 6.45) is 0.495. The van der Waals surface area contributed by atoms with E-state index in [1.165, 1.54) is 43.4 Å². The first-order valence-corrected chi connectivity index (χ1v) is 13.1. The van der Waals surface area contributed by atoms with Gasteiger partial charge in [-0.15, -0.1) is 0 Å². The fourth-order valence-electron chi connectivity index (χ4n) is 4.12. The normalized spacial score (nSPS) is 11.3. The molecule has 2 aromatic heterocycles. The third-order valence-corrected chi connectivity index (χ3v) is 6.88. The van der Waals surface area contributed by atoms with Gasteiger partial charge in [-0.2, -0.15) is 4.31 Å². The molecule has 0 atom stereocenters. The van der Waals surface area contributed by atoms with Crippen molar-refractivity contribution in [3.05, 3.63) is 82.8 Å². The fourth-order valence-corrected chi connectivity index (χ4v) is 4.61. The number of furan rings is 1. The number of aromatic carboxylic acids is 1. The number of pyridine rings is 1. The number of ether oxygens (including phenoxy) is 1. The zero-order valence-electron chi connectivity index (χ0n) is 21.1. The minimum atomic E-state index is -3.04. The second kappa shape index (κ2) is 12.0. The Bertz CT molecular complexity index is 1590. The number of para-hydroxylation sites is 1. The standard InChI is InChI=1S/C27H26FN3O7S/c1-3-16-14-20-23(25(32)29-2)24(17-8-10-18(28)11-9-17)38-26(20)30-21(16)15-31(39(35)36)12-13-37-22-7-5-4-6-19(22)27(33)34/h4-11,14,39H,3,12-13,15H2,1-2H3,(H,29,32)(H,33,34). The summed E-state index contributed by atoms with van der Waals surface area (Å²) in [4.78, 5) is 28.7. The Morgan fingerprint density at radius 1 is 1.15 bits per heavy atom. The van der Waals surface area contributed by atoms with E-state index in [2.05, 4.69) is 10.3 Å². The van der Waals surface area contributed by atoms with Gasteiger partial charge in [0.1, 0.15) is 29.5 Å². The largest absolute Gasteiger partial charge is 0.491 e. The zero-order chi connectivity index (χ0) is 28.1. The van der Waals surface area contributed by atoms with Crippen LogP contribution in [0.25, 0.3) is 22.4 Å². The number of carboxylic acid groups (broad SMARTS) is 1. The van der Waals surface area contributed by atoms with Gasteiger partial charge in [-0.3, -0.25) is 4.79 Å². The smallest absolute Gasteiger partial charge is 0.339 e. The molecule has 0 radical (unpaired) electrons. The second-order valence-corrected chi connectivity index (χ2v) is 9.51. The molecule has 12 heteroatoms. The van der Waals surface area contributed by atoms with Crippen molar-refractivity contribution < 1.29 is 36.7 Å². The lowest BCUT2D eigenvalue weighted by Crippen LogP contribution is -2.28. The lowest BCUT2D eigenvalue weighted by molar-refractivity contribution is 0.0691. The first-order chi connectivity index (χ1) is 18.7. The summed E-state index contributed by atoms with van der Waals surface area (Å²) in [5, 5.41) is 12.3. The van der Waals surface area contributed by atoms with Gasteiger partial charge in [0.25, 0.3) is 5.91 Å². The van der Waals surface area contributed by atoms with Crippen molar-refractivity contribution in [2.45, 2.75) is 19.9 Å².